The van der Waals surface area contributed by atoms with Crippen LogP contribution in [0.1, 0.15) is 16.6 Å². The minimum absolute atomic E-state index is 0.183. The average molecular weight is 310 g/mol. The molecule has 0 fully saturated rings. The number of thiazole rings is 1. The Bertz CT molecular complexity index is 636. The number of nitrogen functional groups attached to an aromatic ring is 1. The molecule has 2 aromatic heterocycles. The predicted molar refractivity (Wildman–Crippen MR) is 76.6 cm³/mol. The summed E-state index contributed by atoms with van der Waals surface area (Å²) < 4.78 is 15.1. The zero-order valence-corrected chi connectivity index (χ0v) is 12.6. The summed E-state index contributed by atoms with van der Waals surface area (Å²) in [6.45, 7) is 1.96. The second kappa shape index (κ2) is 6.35. The highest BCUT2D eigenvalue weighted by Crippen LogP contribution is 2.30. The minimum atomic E-state index is -0.521. The average Bonchev–Trinajstić information content (AvgIpc) is 2.89. The van der Waals surface area contributed by atoms with Gasteiger partial charge in [0.2, 0.25) is 11.8 Å². The molecular weight excluding hydrogens is 296 g/mol. The van der Waals surface area contributed by atoms with Crippen LogP contribution in [-0.2, 0) is 4.74 Å². The van der Waals surface area contributed by atoms with Gasteiger partial charge < -0.3 is 19.9 Å². The molecule has 2 heterocycles. The molecule has 0 aliphatic rings. The summed E-state index contributed by atoms with van der Waals surface area (Å²) >= 11 is 1.01. The Morgan fingerprint density at radius 2 is 1.86 bits per heavy atom. The van der Waals surface area contributed by atoms with Crippen molar-refractivity contribution < 1.29 is 19.0 Å². The van der Waals surface area contributed by atoms with Crippen LogP contribution < -0.4 is 15.2 Å². The van der Waals surface area contributed by atoms with Crippen LogP contribution in [0.15, 0.2) is 6.07 Å². The van der Waals surface area contributed by atoms with Crippen molar-refractivity contribution in [2.75, 3.05) is 26.6 Å². The molecule has 0 bridgehead atoms. The van der Waals surface area contributed by atoms with Crippen LogP contribution in [0.2, 0.25) is 0 Å². The molecule has 112 valence electrons. The van der Waals surface area contributed by atoms with Crippen molar-refractivity contribution in [2.45, 2.75) is 6.92 Å². The number of nitrogens with two attached hydrogens (primary N) is 1. The van der Waals surface area contributed by atoms with E-state index in [1.54, 1.807) is 6.92 Å². The molecule has 2 rings (SSSR count). The zero-order valence-electron chi connectivity index (χ0n) is 11.7. The Morgan fingerprint density at radius 3 is 2.38 bits per heavy atom. The lowest BCUT2D eigenvalue weighted by molar-refractivity contribution is 0.0532. The van der Waals surface area contributed by atoms with Crippen LogP contribution in [-0.4, -0.2) is 41.7 Å². The molecule has 9 heteroatoms. The van der Waals surface area contributed by atoms with E-state index in [4.69, 9.17) is 19.9 Å². The smallest absolute Gasteiger partial charge is 0.350 e. The van der Waals surface area contributed by atoms with Gasteiger partial charge in [-0.3, -0.25) is 0 Å². The molecule has 0 radical (unpaired) electrons. The fraction of sp³-hybridized carbons (Fsp3) is 0.333. The second-order valence-electron chi connectivity index (χ2n) is 3.73. The van der Waals surface area contributed by atoms with E-state index in [-0.39, 0.29) is 28.1 Å². The standard InChI is InChI=1S/C12H14N4O4S/c1-4-20-11(17)9-8(16-12(13)21-9)10-14-6(18-2)5-7(15-10)19-3/h5H,4H2,1-3H3,(H2,13,16). The van der Waals surface area contributed by atoms with Gasteiger partial charge in [-0.2, -0.15) is 9.97 Å². The number of hydrogen-bond donors (Lipinski definition) is 1. The Hall–Kier alpha value is -2.42. The first-order valence-corrected chi connectivity index (χ1v) is 6.81. The largest absolute Gasteiger partial charge is 0.481 e. The number of aromatic nitrogens is 3. The molecule has 2 aromatic rings. The Kier molecular flexibility index (Phi) is 4.53. The molecule has 0 aliphatic heterocycles. The van der Waals surface area contributed by atoms with E-state index in [0.717, 1.165) is 11.3 Å². The Morgan fingerprint density at radius 1 is 1.24 bits per heavy atom. The number of rotatable bonds is 5. The van der Waals surface area contributed by atoms with Gasteiger partial charge in [0.1, 0.15) is 10.6 Å². The maximum absolute atomic E-state index is 11.9. The van der Waals surface area contributed by atoms with E-state index in [0.29, 0.717) is 11.8 Å². The van der Waals surface area contributed by atoms with Crippen LogP contribution in [0, 0.1) is 0 Å². The molecule has 0 saturated carbocycles. The van der Waals surface area contributed by atoms with E-state index >= 15 is 0 Å². The zero-order chi connectivity index (χ0) is 15.4. The first-order valence-electron chi connectivity index (χ1n) is 5.99. The summed E-state index contributed by atoms with van der Waals surface area (Å²) in [6, 6.07) is 1.52. The number of methoxy groups -OCH3 is 2. The van der Waals surface area contributed by atoms with E-state index in [1.807, 2.05) is 0 Å². The van der Waals surface area contributed by atoms with Gasteiger partial charge >= 0.3 is 5.97 Å². The fourth-order valence-electron chi connectivity index (χ4n) is 1.54. The van der Waals surface area contributed by atoms with E-state index in [1.165, 1.54) is 20.3 Å². The lowest BCUT2D eigenvalue weighted by Crippen LogP contribution is -2.06. The monoisotopic (exact) mass is 310 g/mol. The van der Waals surface area contributed by atoms with E-state index in [9.17, 15) is 4.79 Å². The van der Waals surface area contributed by atoms with Gasteiger partial charge in [-0.05, 0) is 6.92 Å². The van der Waals surface area contributed by atoms with Crippen molar-refractivity contribution in [3.63, 3.8) is 0 Å². The van der Waals surface area contributed by atoms with Crippen LogP contribution in [0.25, 0.3) is 11.5 Å². The topological polar surface area (TPSA) is 109 Å². The molecule has 0 unspecified atom stereocenters. The highest BCUT2D eigenvalue weighted by atomic mass is 32.1. The van der Waals surface area contributed by atoms with Crippen molar-refractivity contribution in [1.82, 2.24) is 15.0 Å². The van der Waals surface area contributed by atoms with Crippen LogP contribution >= 0.6 is 11.3 Å². The molecule has 0 atom stereocenters. The molecule has 0 spiro atoms. The number of carbonyl (C=O) groups is 1. The third-order valence-corrected chi connectivity index (χ3v) is 3.28. The number of nitrogens with zero attached hydrogens (tertiary/aromatic N) is 3. The van der Waals surface area contributed by atoms with Gasteiger partial charge in [-0.1, -0.05) is 11.3 Å². The molecule has 0 amide bonds. The number of anilines is 1. The molecule has 0 aromatic carbocycles. The fourth-order valence-corrected chi connectivity index (χ4v) is 2.26. The first-order chi connectivity index (χ1) is 10.1. The molecule has 0 saturated heterocycles. The highest BCUT2D eigenvalue weighted by Gasteiger charge is 2.23. The normalized spacial score (nSPS) is 10.2. The van der Waals surface area contributed by atoms with Gasteiger partial charge in [-0.15, -0.1) is 0 Å². The number of carbonyl (C=O) groups excluding carboxylic acids is 1. The number of ether oxygens (including phenoxy) is 3. The van der Waals surface area contributed by atoms with Crippen molar-refractivity contribution in [3.05, 3.63) is 10.9 Å². The molecule has 2 N–H and O–H groups in total. The number of esters is 1. The summed E-state index contributed by atoms with van der Waals surface area (Å²) in [4.78, 5) is 24.6. The van der Waals surface area contributed by atoms with Crippen molar-refractivity contribution in [2.24, 2.45) is 0 Å². The van der Waals surface area contributed by atoms with E-state index < -0.39 is 5.97 Å². The van der Waals surface area contributed by atoms with Gasteiger partial charge in [0.05, 0.1) is 26.9 Å². The summed E-state index contributed by atoms with van der Waals surface area (Å²) in [6.07, 6.45) is 0. The van der Waals surface area contributed by atoms with Gasteiger partial charge in [0.15, 0.2) is 11.0 Å². The van der Waals surface area contributed by atoms with Gasteiger partial charge in [-0.25, -0.2) is 9.78 Å². The molecular formula is C12H14N4O4S. The predicted octanol–water partition coefficient (Wildman–Crippen LogP) is 1.38. The maximum Gasteiger partial charge on any atom is 0.350 e. The lowest BCUT2D eigenvalue weighted by Gasteiger charge is -2.06. The third kappa shape index (κ3) is 3.19. The quantitative estimate of drug-likeness (QED) is 0.825. The van der Waals surface area contributed by atoms with Crippen LogP contribution in [0.3, 0.4) is 0 Å². The maximum atomic E-state index is 11.9. The second-order valence-corrected chi connectivity index (χ2v) is 4.76. The SMILES string of the molecule is CCOC(=O)c1sc(N)nc1-c1nc(OC)cc(OC)n1. The summed E-state index contributed by atoms with van der Waals surface area (Å²) in [5.41, 5.74) is 5.92. The Labute approximate surface area is 124 Å². The van der Waals surface area contributed by atoms with Gasteiger partial charge in [0, 0.05) is 0 Å². The first kappa shape index (κ1) is 15.0. The molecule has 0 aliphatic carbocycles. The van der Waals surface area contributed by atoms with Crippen molar-refractivity contribution in [3.8, 4) is 23.3 Å². The summed E-state index contributed by atoms with van der Waals surface area (Å²) in [5.74, 6) is 0.241. The van der Waals surface area contributed by atoms with E-state index in [2.05, 4.69) is 15.0 Å². The highest BCUT2D eigenvalue weighted by molar-refractivity contribution is 7.17. The number of hydrogen-bond acceptors (Lipinski definition) is 9. The Balaban J connectivity index is 2.53. The molecule has 21 heavy (non-hydrogen) atoms. The van der Waals surface area contributed by atoms with Gasteiger partial charge in [0.25, 0.3) is 0 Å². The summed E-state index contributed by atoms with van der Waals surface area (Å²) in [7, 11) is 2.93. The van der Waals surface area contributed by atoms with Crippen molar-refractivity contribution >= 4 is 22.4 Å². The van der Waals surface area contributed by atoms with Crippen molar-refractivity contribution in [1.29, 1.82) is 0 Å². The van der Waals surface area contributed by atoms with Crippen LogP contribution in [0.4, 0.5) is 5.13 Å². The van der Waals surface area contributed by atoms with Crippen LogP contribution in [0.5, 0.6) is 11.8 Å². The minimum Gasteiger partial charge on any atom is -0.481 e. The molecule has 8 nitrogen and oxygen atoms in total. The third-order valence-electron chi connectivity index (χ3n) is 2.41. The summed E-state index contributed by atoms with van der Waals surface area (Å²) in [5, 5.41) is 0.221. The lowest BCUT2D eigenvalue weighted by atomic mass is 10.3.